The maximum atomic E-state index is 10.5. The van der Waals surface area contributed by atoms with E-state index in [2.05, 4.69) is 0 Å². The zero-order chi connectivity index (χ0) is 11.7. The van der Waals surface area contributed by atoms with Gasteiger partial charge in [0.05, 0.1) is 0 Å². The molecule has 1 aromatic carbocycles. The van der Waals surface area contributed by atoms with Gasteiger partial charge in [0.15, 0.2) is 10.8 Å². The molecule has 7 nitrogen and oxygen atoms in total. The zero-order valence-corrected chi connectivity index (χ0v) is 8.28. The average Bonchev–Trinajstić information content (AvgIpc) is 2.99. The van der Waals surface area contributed by atoms with Crippen molar-refractivity contribution in [1.82, 2.24) is 0 Å². The van der Waals surface area contributed by atoms with Crippen molar-refractivity contribution in [2.75, 3.05) is 5.12 Å². The van der Waals surface area contributed by atoms with E-state index in [0.717, 1.165) is 18.4 Å². The molecule has 16 heavy (non-hydrogen) atoms. The second-order valence-electron chi connectivity index (χ2n) is 3.63. The molecule has 0 radical (unpaired) electrons. The Morgan fingerprint density at radius 2 is 1.81 bits per heavy atom. The molecule has 0 bridgehead atoms. The van der Waals surface area contributed by atoms with Crippen LogP contribution in [0.25, 0.3) is 0 Å². The van der Waals surface area contributed by atoms with E-state index in [4.69, 9.17) is 0 Å². The molecule has 0 saturated heterocycles. The van der Waals surface area contributed by atoms with Crippen molar-refractivity contribution in [2.45, 2.75) is 18.8 Å². The summed E-state index contributed by atoms with van der Waals surface area (Å²) in [5.74, 6) is 0.403. The van der Waals surface area contributed by atoms with E-state index in [9.17, 15) is 20.2 Å². The fourth-order valence-corrected chi connectivity index (χ4v) is 1.57. The van der Waals surface area contributed by atoms with Gasteiger partial charge in [0.25, 0.3) is 0 Å². The Kier molecular flexibility index (Phi) is 2.43. The Morgan fingerprint density at radius 1 is 1.19 bits per heavy atom. The van der Waals surface area contributed by atoms with Crippen LogP contribution in [-0.4, -0.2) is 10.1 Å². The second kappa shape index (κ2) is 3.76. The molecule has 7 heteroatoms. The number of hydrogen-bond acceptors (Lipinski definition) is 4. The van der Waals surface area contributed by atoms with Gasteiger partial charge in [-0.05, 0) is 36.5 Å². The summed E-state index contributed by atoms with van der Waals surface area (Å²) >= 11 is 0. The summed E-state index contributed by atoms with van der Waals surface area (Å²) in [5, 5.41) is 18.9. The minimum Gasteiger partial charge on any atom is -0.230 e. The zero-order valence-electron chi connectivity index (χ0n) is 8.28. The van der Waals surface area contributed by atoms with Crippen LogP contribution in [0.2, 0.25) is 0 Å². The lowest BCUT2D eigenvalue weighted by Crippen LogP contribution is -2.35. The Balaban J connectivity index is 2.33. The lowest BCUT2D eigenvalue weighted by atomic mass is 10.1. The van der Waals surface area contributed by atoms with Crippen molar-refractivity contribution in [1.29, 1.82) is 0 Å². The third-order valence-electron chi connectivity index (χ3n) is 2.46. The first-order chi connectivity index (χ1) is 7.59. The molecule has 2 rings (SSSR count). The maximum Gasteiger partial charge on any atom is 0.228 e. The van der Waals surface area contributed by atoms with Gasteiger partial charge in [-0.3, -0.25) is 0 Å². The van der Waals surface area contributed by atoms with Gasteiger partial charge in [-0.15, -0.1) is 0 Å². The largest absolute Gasteiger partial charge is 0.230 e. The van der Waals surface area contributed by atoms with Gasteiger partial charge in [0.1, 0.15) is 0 Å². The van der Waals surface area contributed by atoms with E-state index >= 15 is 0 Å². The van der Waals surface area contributed by atoms with Crippen molar-refractivity contribution >= 4 is 5.69 Å². The number of benzene rings is 1. The third kappa shape index (κ3) is 1.92. The first kappa shape index (κ1) is 10.3. The van der Waals surface area contributed by atoms with Crippen molar-refractivity contribution < 1.29 is 10.1 Å². The van der Waals surface area contributed by atoms with Crippen molar-refractivity contribution in [3.05, 3.63) is 50.1 Å². The molecule has 0 N–H and O–H groups in total. The third-order valence-corrected chi connectivity index (χ3v) is 2.46. The smallest absolute Gasteiger partial charge is 0.228 e. The highest BCUT2D eigenvalue weighted by molar-refractivity contribution is 5.45. The molecule has 1 saturated carbocycles. The minimum absolute atomic E-state index is 0.0144. The van der Waals surface area contributed by atoms with Crippen LogP contribution in [-0.2, 0) is 0 Å². The molecule has 0 aliphatic heterocycles. The molecule has 1 aliphatic carbocycles. The monoisotopic (exact) mass is 223 g/mol. The molecule has 0 unspecified atom stereocenters. The molecule has 84 valence electrons. The Bertz CT molecular complexity index is 430. The predicted molar refractivity (Wildman–Crippen MR) is 54.9 cm³/mol. The molecule has 0 aromatic heterocycles. The maximum absolute atomic E-state index is 10.5. The lowest BCUT2D eigenvalue weighted by molar-refractivity contribution is -0.711. The van der Waals surface area contributed by atoms with Crippen LogP contribution < -0.4 is 5.12 Å². The number of anilines is 1. The van der Waals surface area contributed by atoms with E-state index in [0.29, 0.717) is 5.92 Å². The molecule has 1 aliphatic rings. The molecule has 0 heterocycles. The van der Waals surface area contributed by atoms with E-state index in [1.807, 2.05) is 6.07 Å². The summed E-state index contributed by atoms with van der Waals surface area (Å²) in [5.41, 5.74) is 0.908. The highest BCUT2D eigenvalue weighted by Crippen LogP contribution is 2.40. The van der Waals surface area contributed by atoms with Crippen LogP contribution in [0.5, 0.6) is 0 Å². The minimum atomic E-state index is -1.04. The summed E-state index contributed by atoms with van der Waals surface area (Å²) in [7, 11) is 0. The summed E-state index contributed by atoms with van der Waals surface area (Å²) in [6.45, 7) is 0. The normalized spacial score (nSPS) is 14.5. The second-order valence-corrected chi connectivity index (χ2v) is 3.63. The van der Waals surface area contributed by atoms with E-state index < -0.39 is 10.1 Å². The Labute approximate surface area is 90.5 Å². The first-order valence-electron chi connectivity index (χ1n) is 4.78. The van der Waals surface area contributed by atoms with Gasteiger partial charge < -0.3 is 0 Å². The van der Waals surface area contributed by atoms with Crippen molar-refractivity contribution in [3.8, 4) is 0 Å². The topological polar surface area (TPSA) is 89.5 Å². The van der Waals surface area contributed by atoms with Crippen molar-refractivity contribution in [2.24, 2.45) is 0 Å². The van der Waals surface area contributed by atoms with Gasteiger partial charge in [-0.25, -0.2) is 20.2 Å². The highest BCUT2D eigenvalue weighted by atomic mass is 16.8. The summed E-state index contributed by atoms with van der Waals surface area (Å²) < 4.78 is 0. The van der Waals surface area contributed by atoms with Gasteiger partial charge >= 0.3 is 0 Å². The standard InChI is InChI=1S/C9H9N3O4/c13-11(14)10(12(15)16)9-3-1-2-8(6-9)7-4-5-7/h1-3,6-7H,4-5H2. The van der Waals surface area contributed by atoms with Crippen LogP contribution in [0.1, 0.15) is 24.3 Å². The lowest BCUT2D eigenvalue weighted by Gasteiger charge is -2.04. The Morgan fingerprint density at radius 3 is 2.31 bits per heavy atom. The summed E-state index contributed by atoms with van der Waals surface area (Å²) in [4.78, 5) is 21.1. The molecule has 1 fully saturated rings. The van der Waals surface area contributed by atoms with Gasteiger partial charge in [0.2, 0.25) is 10.1 Å². The van der Waals surface area contributed by atoms with E-state index in [1.165, 1.54) is 12.1 Å². The molecule has 0 amide bonds. The van der Waals surface area contributed by atoms with Gasteiger partial charge in [-0.1, -0.05) is 12.1 Å². The van der Waals surface area contributed by atoms with Crippen LogP contribution in [0.15, 0.2) is 24.3 Å². The van der Waals surface area contributed by atoms with Gasteiger partial charge in [-0.2, -0.15) is 0 Å². The number of nitro groups is 2. The number of hydrogen-bond donors (Lipinski definition) is 0. The van der Waals surface area contributed by atoms with Gasteiger partial charge in [0, 0.05) is 0 Å². The predicted octanol–water partition coefficient (Wildman–Crippen LogP) is 1.75. The molecule has 1 aromatic rings. The number of rotatable bonds is 4. The SMILES string of the molecule is O=[N+]([O-])N(c1cccc(C2CC2)c1)[N+](=O)[O-]. The summed E-state index contributed by atoms with van der Waals surface area (Å²) in [6, 6.07) is 6.29. The fourth-order valence-electron chi connectivity index (χ4n) is 1.57. The van der Waals surface area contributed by atoms with Crippen LogP contribution in [0, 0.1) is 20.2 Å². The average molecular weight is 223 g/mol. The highest BCUT2D eigenvalue weighted by Gasteiger charge is 2.32. The fraction of sp³-hybridized carbons (Fsp3) is 0.333. The summed E-state index contributed by atoms with van der Waals surface area (Å²) in [6.07, 6.45) is 2.08. The first-order valence-corrected chi connectivity index (χ1v) is 4.78. The quantitative estimate of drug-likeness (QED) is 0.573. The number of hydrazine groups is 2. The van der Waals surface area contributed by atoms with Crippen molar-refractivity contribution in [3.63, 3.8) is 0 Å². The molecule has 0 atom stereocenters. The van der Waals surface area contributed by atoms with E-state index in [-0.39, 0.29) is 10.8 Å². The molecule has 0 spiro atoms. The van der Waals surface area contributed by atoms with Crippen LogP contribution in [0.3, 0.4) is 0 Å². The molecular weight excluding hydrogens is 214 g/mol. The molecular formula is C9H9N3O4. The Hall–Kier alpha value is -2.18. The van der Waals surface area contributed by atoms with Crippen LogP contribution >= 0.6 is 0 Å². The van der Waals surface area contributed by atoms with Crippen LogP contribution in [0.4, 0.5) is 5.69 Å². The van der Waals surface area contributed by atoms with E-state index in [1.54, 1.807) is 6.07 Å². The number of nitrogens with zero attached hydrogens (tertiary/aromatic N) is 3.